The molecule has 8 heteroatoms. The molecule has 0 aromatic heterocycles. The van der Waals surface area contributed by atoms with Crippen molar-refractivity contribution in [2.24, 2.45) is 5.92 Å². The number of nitrogens with zero attached hydrogens (tertiary/aromatic N) is 1. The van der Waals surface area contributed by atoms with Crippen molar-refractivity contribution in [2.45, 2.75) is 13.0 Å². The molecule has 2 atom stereocenters. The molecule has 0 spiro atoms. The van der Waals surface area contributed by atoms with E-state index >= 15 is 0 Å². The van der Waals surface area contributed by atoms with E-state index in [2.05, 4.69) is 5.32 Å². The maximum Gasteiger partial charge on any atom is 0.323 e. The maximum absolute atomic E-state index is 12.2. The molecule has 108 valence electrons. The van der Waals surface area contributed by atoms with Gasteiger partial charge in [0.05, 0.1) is 19.1 Å². The SMILES string of the molecule is CCNC1COCC1C(=O)N(CC(=O)O)CC(=O)O. The zero-order valence-corrected chi connectivity index (χ0v) is 10.7. The molecular formula is C11H18N2O6. The molecule has 1 aliphatic rings. The van der Waals surface area contributed by atoms with E-state index in [1.165, 1.54) is 0 Å². The van der Waals surface area contributed by atoms with Gasteiger partial charge in [-0.15, -0.1) is 0 Å². The van der Waals surface area contributed by atoms with Gasteiger partial charge in [0.25, 0.3) is 0 Å². The highest BCUT2D eigenvalue weighted by Gasteiger charge is 2.37. The predicted molar refractivity (Wildman–Crippen MR) is 63.6 cm³/mol. The number of aliphatic carboxylic acids is 2. The van der Waals surface area contributed by atoms with Crippen molar-refractivity contribution in [1.82, 2.24) is 10.2 Å². The lowest BCUT2D eigenvalue weighted by Gasteiger charge is -2.25. The van der Waals surface area contributed by atoms with Crippen LogP contribution in [-0.4, -0.2) is 71.8 Å². The van der Waals surface area contributed by atoms with Gasteiger partial charge in [0.2, 0.25) is 5.91 Å². The van der Waals surface area contributed by atoms with Gasteiger partial charge in [0.1, 0.15) is 13.1 Å². The lowest BCUT2D eigenvalue weighted by Crippen LogP contribution is -2.48. The Balaban J connectivity index is 2.73. The van der Waals surface area contributed by atoms with Crippen LogP contribution in [0.15, 0.2) is 0 Å². The van der Waals surface area contributed by atoms with E-state index in [-0.39, 0.29) is 12.6 Å². The quantitative estimate of drug-likeness (QED) is 0.523. The number of carbonyl (C=O) groups excluding carboxylic acids is 1. The number of carbonyl (C=O) groups is 3. The Hall–Kier alpha value is -1.67. The minimum absolute atomic E-state index is 0.173. The average Bonchev–Trinajstić information content (AvgIpc) is 2.74. The fourth-order valence-corrected chi connectivity index (χ4v) is 2.03. The van der Waals surface area contributed by atoms with E-state index in [1.54, 1.807) is 0 Å². The molecule has 0 aliphatic carbocycles. The summed E-state index contributed by atoms with van der Waals surface area (Å²) < 4.78 is 5.20. The molecular weight excluding hydrogens is 256 g/mol. The highest BCUT2D eigenvalue weighted by Crippen LogP contribution is 2.16. The zero-order valence-electron chi connectivity index (χ0n) is 10.7. The molecule has 0 saturated carbocycles. The molecule has 1 amide bonds. The predicted octanol–water partition coefficient (Wildman–Crippen LogP) is -1.39. The summed E-state index contributed by atoms with van der Waals surface area (Å²) in [6, 6.07) is -0.206. The minimum atomic E-state index is -1.24. The molecule has 0 bridgehead atoms. The van der Waals surface area contributed by atoms with Gasteiger partial charge in [0, 0.05) is 6.04 Å². The summed E-state index contributed by atoms with van der Waals surface area (Å²) in [5.41, 5.74) is 0. The second-order valence-corrected chi connectivity index (χ2v) is 4.29. The minimum Gasteiger partial charge on any atom is -0.480 e. The summed E-state index contributed by atoms with van der Waals surface area (Å²) in [6.45, 7) is 1.81. The lowest BCUT2D eigenvalue weighted by atomic mass is 10.0. The van der Waals surface area contributed by atoms with Crippen molar-refractivity contribution in [2.75, 3.05) is 32.8 Å². The van der Waals surface area contributed by atoms with Crippen molar-refractivity contribution >= 4 is 17.8 Å². The lowest BCUT2D eigenvalue weighted by molar-refractivity contribution is -0.151. The molecule has 2 unspecified atom stereocenters. The van der Waals surface area contributed by atoms with Crippen LogP contribution in [0.2, 0.25) is 0 Å². The summed E-state index contributed by atoms with van der Waals surface area (Å²) >= 11 is 0. The Bertz CT molecular complexity index is 343. The van der Waals surface area contributed by atoms with Crippen molar-refractivity contribution in [3.63, 3.8) is 0 Å². The topological polar surface area (TPSA) is 116 Å². The summed E-state index contributed by atoms with van der Waals surface area (Å²) in [5, 5.41) is 20.5. The summed E-state index contributed by atoms with van der Waals surface area (Å²) in [4.78, 5) is 34.4. The molecule has 0 aromatic carbocycles. The molecule has 3 N–H and O–H groups in total. The van der Waals surface area contributed by atoms with Crippen LogP contribution < -0.4 is 5.32 Å². The van der Waals surface area contributed by atoms with Crippen molar-refractivity contribution in [3.05, 3.63) is 0 Å². The van der Waals surface area contributed by atoms with E-state index in [1.807, 2.05) is 6.92 Å². The van der Waals surface area contributed by atoms with Crippen LogP contribution in [0.5, 0.6) is 0 Å². The van der Waals surface area contributed by atoms with Crippen molar-refractivity contribution < 1.29 is 29.3 Å². The molecule has 0 radical (unpaired) electrons. The van der Waals surface area contributed by atoms with Crippen LogP contribution >= 0.6 is 0 Å². The third-order valence-corrected chi connectivity index (χ3v) is 2.83. The highest BCUT2D eigenvalue weighted by atomic mass is 16.5. The van der Waals surface area contributed by atoms with E-state index in [0.29, 0.717) is 13.2 Å². The van der Waals surface area contributed by atoms with E-state index in [9.17, 15) is 14.4 Å². The van der Waals surface area contributed by atoms with Crippen LogP contribution in [0.3, 0.4) is 0 Å². The van der Waals surface area contributed by atoms with Crippen molar-refractivity contribution in [1.29, 1.82) is 0 Å². The number of hydrogen-bond acceptors (Lipinski definition) is 5. The molecule has 1 saturated heterocycles. The van der Waals surface area contributed by atoms with Gasteiger partial charge in [-0.3, -0.25) is 14.4 Å². The van der Waals surface area contributed by atoms with E-state index in [0.717, 1.165) is 4.90 Å². The van der Waals surface area contributed by atoms with E-state index < -0.39 is 36.9 Å². The first-order valence-electron chi connectivity index (χ1n) is 5.99. The largest absolute Gasteiger partial charge is 0.480 e. The number of likely N-dealkylation sites (N-methyl/N-ethyl adjacent to an activating group) is 1. The smallest absolute Gasteiger partial charge is 0.323 e. The first-order valence-corrected chi connectivity index (χ1v) is 5.99. The number of ether oxygens (including phenoxy) is 1. The third-order valence-electron chi connectivity index (χ3n) is 2.83. The molecule has 19 heavy (non-hydrogen) atoms. The Kier molecular flexibility index (Phi) is 5.71. The van der Waals surface area contributed by atoms with Gasteiger partial charge in [-0.25, -0.2) is 0 Å². The maximum atomic E-state index is 12.2. The second kappa shape index (κ2) is 7.05. The Morgan fingerprint density at radius 3 is 2.26 bits per heavy atom. The van der Waals surface area contributed by atoms with Gasteiger partial charge in [-0.2, -0.15) is 0 Å². The number of carboxylic acid groups (broad SMARTS) is 2. The summed E-state index contributed by atoms with van der Waals surface area (Å²) in [6.07, 6.45) is 0. The monoisotopic (exact) mass is 274 g/mol. The van der Waals surface area contributed by atoms with Gasteiger partial charge in [0.15, 0.2) is 0 Å². The average molecular weight is 274 g/mol. The molecule has 1 fully saturated rings. The first-order chi connectivity index (χ1) is 8.95. The zero-order chi connectivity index (χ0) is 14.4. The third kappa shape index (κ3) is 4.49. The van der Waals surface area contributed by atoms with E-state index in [4.69, 9.17) is 14.9 Å². The number of hydrogen-bond donors (Lipinski definition) is 3. The van der Waals surface area contributed by atoms with Gasteiger partial charge >= 0.3 is 11.9 Å². The van der Waals surface area contributed by atoms with Gasteiger partial charge in [-0.05, 0) is 6.54 Å². The number of carboxylic acids is 2. The van der Waals surface area contributed by atoms with Gasteiger partial charge < -0.3 is 25.2 Å². The number of amides is 1. The number of nitrogens with one attached hydrogen (secondary N) is 1. The molecule has 0 aromatic rings. The Morgan fingerprint density at radius 1 is 1.21 bits per heavy atom. The molecule has 1 aliphatic heterocycles. The van der Waals surface area contributed by atoms with Crippen LogP contribution in [0.25, 0.3) is 0 Å². The number of rotatable bonds is 7. The normalized spacial score (nSPS) is 22.2. The molecule has 1 rings (SSSR count). The van der Waals surface area contributed by atoms with Crippen LogP contribution in [0.1, 0.15) is 6.92 Å². The fourth-order valence-electron chi connectivity index (χ4n) is 2.03. The fraction of sp³-hybridized carbons (Fsp3) is 0.727. The van der Waals surface area contributed by atoms with Gasteiger partial charge in [-0.1, -0.05) is 6.92 Å². The second-order valence-electron chi connectivity index (χ2n) is 4.29. The summed E-state index contributed by atoms with van der Waals surface area (Å²) in [7, 11) is 0. The van der Waals surface area contributed by atoms with Crippen LogP contribution in [0, 0.1) is 5.92 Å². The Labute approximate surface area is 110 Å². The first kappa shape index (κ1) is 15.4. The Morgan fingerprint density at radius 2 is 1.79 bits per heavy atom. The van der Waals surface area contributed by atoms with Crippen LogP contribution in [0.4, 0.5) is 0 Å². The highest BCUT2D eigenvalue weighted by molar-refractivity contribution is 5.87. The van der Waals surface area contributed by atoms with Crippen molar-refractivity contribution in [3.8, 4) is 0 Å². The standard InChI is InChI=1S/C11H18N2O6/c1-2-12-8-6-19-5-7(8)11(18)13(3-9(14)15)4-10(16)17/h7-8,12H,2-6H2,1H3,(H,14,15)(H,16,17). The molecule has 8 nitrogen and oxygen atoms in total. The van der Waals surface area contributed by atoms with Crippen LogP contribution in [-0.2, 0) is 19.1 Å². The molecule has 1 heterocycles. The summed E-state index contributed by atoms with van der Waals surface area (Å²) in [5.74, 6) is -3.53.